The van der Waals surface area contributed by atoms with Crippen LogP contribution >= 0.6 is 0 Å². The minimum atomic E-state index is -0.565. The first-order valence-electron chi connectivity index (χ1n) is 8.71. The molecular formula is C21H17NO6. The van der Waals surface area contributed by atoms with E-state index in [1.165, 1.54) is 6.07 Å². The minimum Gasteiger partial charge on any atom is -0.484 e. The summed E-state index contributed by atoms with van der Waals surface area (Å²) in [6.07, 6.45) is 0.116. The molecule has 28 heavy (non-hydrogen) atoms. The molecule has 7 nitrogen and oxygen atoms in total. The first-order valence-corrected chi connectivity index (χ1v) is 8.71. The summed E-state index contributed by atoms with van der Waals surface area (Å²) in [4.78, 5) is 34.9. The van der Waals surface area contributed by atoms with Crippen LogP contribution in [0.4, 0.5) is 0 Å². The fourth-order valence-electron chi connectivity index (χ4n) is 3.47. The summed E-state index contributed by atoms with van der Waals surface area (Å²) in [5, 5.41) is 0.794. The number of rotatable bonds is 4. The number of esters is 1. The average Bonchev–Trinajstić information content (AvgIpc) is 2.65. The van der Waals surface area contributed by atoms with Crippen LogP contribution in [0, 0.1) is 6.92 Å². The van der Waals surface area contributed by atoms with Gasteiger partial charge in [0.2, 0.25) is 0 Å². The van der Waals surface area contributed by atoms with E-state index < -0.39 is 11.5 Å². The molecule has 0 saturated heterocycles. The van der Waals surface area contributed by atoms with Crippen molar-refractivity contribution in [3.63, 3.8) is 0 Å². The number of fused-ring (bicyclic) bond motifs is 3. The Kier molecular flexibility index (Phi) is 4.35. The van der Waals surface area contributed by atoms with Crippen molar-refractivity contribution in [1.29, 1.82) is 0 Å². The van der Waals surface area contributed by atoms with Gasteiger partial charge in [-0.15, -0.1) is 0 Å². The van der Waals surface area contributed by atoms with E-state index in [4.69, 9.17) is 19.6 Å². The van der Waals surface area contributed by atoms with Crippen molar-refractivity contribution in [1.82, 2.24) is 0 Å². The lowest BCUT2D eigenvalue weighted by atomic mass is 9.85. The van der Waals surface area contributed by atoms with Crippen molar-refractivity contribution < 1.29 is 23.5 Å². The smallest absolute Gasteiger partial charge is 0.336 e. The van der Waals surface area contributed by atoms with Crippen molar-refractivity contribution in [2.75, 3.05) is 6.61 Å². The van der Waals surface area contributed by atoms with Crippen LogP contribution < -0.4 is 20.8 Å². The lowest BCUT2D eigenvalue weighted by Gasteiger charge is -2.25. The highest BCUT2D eigenvalue weighted by Gasteiger charge is 2.31. The fraction of sp³-hybridized carbons (Fsp3) is 0.190. The molecular weight excluding hydrogens is 362 g/mol. The van der Waals surface area contributed by atoms with E-state index in [0.29, 0.717) is 22.6 Å². The van der Waals surface area contributed by atoms with E-state index in [1.807, 2.05) is 6.92 Å². The van der Waals surface area contributed by atoms with Crippen LogP contribution in [0.3, 0.4) is 0 Å². The molecule has 7 heteroatoms. The van der Waals surface area contributed by atoms with Gasteiger partial charge in [-0.25, -0.2) is 4.79 Å². The third-order valence-electron chi connectivity index (χ3n) is 4.72. The lowest BCUT2D eigenvalue weighted by molar-refractivity contribution is -0.135. The number of primary amides is 1. The monoisotopic (exact) mass is 379 g/mol. The number of carbonyl (C=O) groups excluding carboxylic acids is 2. The maximum absolute atomic E-state index is 12.1. The van der Waals surface area contributed by atoms with Gasteiger partial charge in [0.05, 0.1) is 6.42 Å². The van der Waals surface area contributed by atoms with Gasteiger partial charge in [-0.3, -0.25) is 9.59 Å². The highest BCUT2D eigenvalue weighted by Crippen LogP contribution is 2.43. The highest BCUT2D eigenvalue weighted by molar-refractivity contribution is 5.89. The summed E-state index contributed by atoms with van der Waals surface area (Å²) in [6, 6.07) is 11.9. The van der Waals surface area contributed by atoms with E-state index in [2.05, 4.69) is 0 Å². The van der Waals surface area contributed by atoms with Crippen molar-refractivity contribution in [2.24, 2.45) is 5.73 Å². The molecule has 0 aliphatic carbocycles. The summed E-state index contributed by atoms with van der Waals surface area (Å²) in [5.74, 6) is -0.390. The summed E-state index contributed by atoms with van der Waals surface area (Å²) in [5.41, 5.74) is 7.35. The van der Waals surface area contributed by atoms with Crippen LogP contribution in [-0.4, -0.2) is 18.5 Å². The predicted octanol–water partition coefficient (Wildman–Crippen LogP) is 2.41. The normalized spacial score (nSPS) is 15.8. The highest BCUT2D eigenvalue weighted by atomic mass is 16.5. The lowest BCUT2D eigenvalue weighted by Crippen LogP contribution is -2.22. The van der Waals surface area contributed by atoms with Crippen molar-refractivity contribution in [2.45, 2.75) is 19.3 Å². The largest absolute Gasteiger partial charge is 0.484 e. The Bertz CT molecular complexity index is 1150. The van der Waals surface area contributed by atoms with E-state index in [0.717, 1.165) is 16.5 Å². The number of nitrogens with two attached hydrogens (primary N) is 1. The van der Waals surface area contributed by atoms with Crippen LogP contribution in [0.2, 0.25) is 0 Å². The van der Waals surface area contributed by atoms with Gasteiger partial charge in [-0.05, 0) is 42.3 Å². The standard InChI is InChI=1S/C21H17NO6/c1-11-8-18(24)28-21-14(11)6-7-16-20(21)15(9-19(25)27-16)12-2-4-13(5-3-12)26-10-17(22)23/h2-8,15H,9-10H2,1H3,(H2,22,23)/t15-/m1/s1. The summed E-state index contributed by atoms with van der Waals surface area (Å²) >= 11 is 0. The van der Waals surface area contributed by atoms with Gasteiger partial charge in [0.15, 0.2) is 6.61 Å². The summed E-state index contributed by atoms with van der Waals surface area (Å²) < 4.78 is 16.2. The van der Waals surface area contributed by atoms with Gasteiger partial charge < -0.3 is 19.6 Å². The number of amides is 1. The molecule has 142 valence electrons. The number of ether oxygens (including phenoxy) is 2. The van der Waals surface area contributed by atoms with Gasteiger partial charge in [0, 0.05) is 22.9 Å². The Morgan fingerprint density at radius 1 is 1.18 bits per heavy atom. The molecule has 1 aliphatic rings. The maximum Gasteiger partial charge on any atom is 0.336 e. The molecule has 1 amide bonds. The molecule has 0 spiro atoms. The van der Waals surface area contributed by atoms with Crippen LogP contribution in [0.5, 0.6) is 11.5 Å². The molecule has 3 aromatic rings. The minimum absolute atomic E-state index is 0.116. The van der Waals surface area contributed by atoms with Gasteiger partial charge in [0.1, 0.15) is 17.1 Å². The Balaban J connectivity index is 1.81. The quantitative estimate of drug-likeness (QED) is 0.424. The third-order valence-corrected chi connectivity index (χ3v) is 4.72. The number of hydrogen-bond donors (Lipinski definition) is 1. The summed E-state index contributed by atoms with van der Waals surface area (Å²) in [7, 11) is 0. The number of hydrogen-bond acceptors (Lipinski definition) is 6. The van der Waals surface area contributed by atoms with Gasteiger partial charge in [-0.2, -0.15) is 0 Å². The van der Waals surface area contributed by atoms with E-state index in [-0.39, 0.29) is 24.9 Å². The molecule has 0 fully saturated rings. The topological polar surface area (TPSA) is 109 Å². The zero-order chi connectivity index (χ0) is 19.8. The zero-order valence-corrected chi connectivity index (χ0v) is 15.1. The fourth-order valence-corrected chi connectivity index (χ4v) is 3.47. The van der Waals surface area contributed by atoms with Gasteiger partial charge in [-0.1, -0.05) is 12.1 Å². The average molecular weight is 379 g/mol. The second-order valence-corrected chi connectivity index (χ2v) is 6.66. The molecule has 2 N–H and O–H groups in total. The third kappa shape index (κ3) is 3.22. The first kappa shape index (κ1) is 17.8. The molecule has 2 aromatic carbocycles. The van der Waals surface area contributed by atoms with Crippen LogP contribution in [0.25, 0.3) is 11.0 Å². The van der Waals surface area contributed by atoms with E-state index >= 15 is 0 Å². The second-order valence-electron chi connectivity index (χ2n) is 6.66. The Hall–Kier alpha value is -3.61. The van der Waals surface area contributed by atoms with Gasteiger partial charge in [0.25, 0.3) is 5.91 Å². The van der Waals surface area contributed by atoms with E-state index in [9.17, 15) is 14.4 Å². The Morgan fingerprint density at radius 2 is 1.93 bits per heavy atom. The van der Waals surface area contributed by atoms with E-state index in [1.54, 1.807) is 36.4 Å². The molecule has 1 atom stereocenters. The van der Waals surface area contributed by atoms with Crippen molar-refractivity contribution in [3.8, 4) is 11.5 Å². The number of benzene rings is 2. The molecule has 2 heterocycles. The maximum atomic E-state index is 12.1. The SMILES string of the molecule is Cc1cc(=O)oc2c3c(ccc12)OC(=O)C[C@@H]3c1ccc(OCC(N)=O)cc1. The number of carbonyl (C=O) groups is 2. The molecule has 1 aliphatic heterocycles. The first-order chi connectivity index (χ1) is 13.4. The Labute approximate surface area is 159 Å². The number of aryl methyl sites for hydroxylation is 1. The van der Waals surface area contributed by atoms with Crippen molar-refractivity contribution >= 4 is 22.8 Å². The van der Waals surface area contributed by atoms with Crippen LogP contribution in [-0.2, 0) is 9.59 Å². The molecule has 0 bridgehead atoms. The zero-order valence-electron chi connectivity index (χ0n) is 15.1. The molecule has 0 saturated carbocycles. The molecule has 4 rings (SSSR count). The van der Waals surface area contributed by atoms with Crippen molar-refractivity contribution in [3.05, 3.63) is 69.6 Å². The predicted molar refractivity (Wildman–Crippen MR) is 100 cm³/mol. The second kappa shape index (κ2) is 6.84. The van der Waals surface area contributed by atoms with Crippen LogP contribution in [0.1, 0.15) is 29.0 Å². The summed E-state index contributed by atoms with van der Waals surface area (Å²) in [6.45, 7) is 1.62. The molecule has 0 radical (unpaired) electrons. The Morgan fingerprint density at radius 3 is 2.64 bits per heavy atom. The molecule has 0 unspecified atom stereocenters. The van der Waals surface area contributed by atoms with Crippen LogP contribution in [0.15, 0.2) is 51.7 Å². The van der Waals surface area contributed by atoms with Gasteiger partial charge >= 0.3 is 11.6 Å². The molecule has 1 aromatic heterocycles.